The average Bonchev–Trinajstić information content (AvgIpc) is 2.91. The Labute approximate surface area is 161 Å². The van der Waals surface area contributed by atoms with Crippen LogP contribution in [-0.4, -0.2) is 49.1 Å². The van der Waals surface area contributed by atoms with Gasteiger partial charge in [0.25, 0.3) is 5.91 Å². The number of rotatable bonds is 6. The number of amides is 3. The molecular formula is C21H29N3O3. The number of benzene rings is 1. The molecule has 0 unspecified atom stereocenters. The zero-order chi connectivity index (χ0) is 19.4. The van der Waals surface area contributed by atoms with E-state index in [4.69, 9.17) is 4.74 Å². The van der Waals surface area contributed by atoms with Crippen LogP contribution in [0.15, 0.2) is 35.9 Å². The van der Waals surface area contributed by atoms with Gasteiger partial charge < -0.3 is 15.4 Å². The maximum atomic E-state index is 13.5. The summed E-state index contributed by atoms with van der Waals surface area (Å²) in [6, 6.07) is 7.45. The van der Waals surface area contributed by atoms with Gasteiger partial charge in [0.05, 0.1) is 7.11 Å². The van der Waals surface area contributed by atoms with Gasteiger partial charge in [0.2, 0.25) is 0 Å². The molecule has 6 nitrogen and oxygen atoms in total. The van der Waals surface area contributed by atoms with Crippen LogP contribution in [-0.2, 0) is 11.2 Å². The molecule has 2 heterocycles. The first-order valence-corrected chi connectivity index (χ1v) is 9.57. The first-order valence-electron chi connectivity index (χ1n) is 9.57. The Hall–Kier alpha value is -2.34. The van der Waals surface area contributed by atoms with E-state index < -0.39 is 5.54 Å². The molecule has 0 aromatic heterocycles. The maximum absolute atomic E-state index is 13.5. The minimum absolute atomic E-state index is 0.109. The number of piperidine rings is 1. The lowest BCUT2D eigenvalue weighted by Crippen LogP contribution is -2.57. The molecule has 27 heavy (non-hydrogen) atoms. The molecule has 3 rings (SSSR count). The van der Waals surface area contributed by atoms with E-state index in [0.29, 0.717) is 13.0 Å². The van der Waals surface area contributed by atoms with Crippen LogP contribution in [0.25, 0.3) is 0 Å². The molecule has 0 bridgehead atoms. The minimum Gasteiger partial charge on any atom is -0.497 e. The molecule has 2 saturated heterocycles. The molecule has 0 radical (unpaired) electrons. The van der Waals surface area contributed by atoms with Crippen LogP contribution in [0.4, 0.5) is 4.79 Å². The van der Waals surface area contributed by atoms with E-state index in [1.165, 1.54) is 4.90 Å². The highest BCUT2D eigenvalue weighted by molar-refractivity contribution is 6.07. The second-order valence-corrected chi connectivity index (χ2v) is 7.65. The van der Waals surface area contributed by atoms with Gasteiger partial charge >= 0.3 is 6.03 Å². The summed E-state index contributed by atoms with van der Waals surface area (Å²) in [6.07, 6.45) is 4.13. The molecule has 1 aromatic rings. The van der Waals surface area contributed by atoms with Crippen molar-refractivity contribution in [1.82, 2.24) is 15.5 Å². The van der Waals surface area contributed by atoms with E-state index in [9.17, 15) is 9.59 Å². The molecule has 1 atom stereocenters. The first-order chi connectivity index (χ1) is 13.0. The quantitative estimate of drug-likeness (QED) is 0.595. The van der Waals surface area contributed by atoms with Crippen molar-refractivity contribution < 1.29 is 14.3 Å². The number of ether oxygens (including phenoxy) is 1. The summed E-state index contributed by atoms with van der Waals surface area (Å²) in [6.45, 7) is 5.98. The number of nitrogens with zero attached hydrogens (tertiary/aromatic N) is 1. The second kappa shape index (κ2) is 8.13. The molecule has 2 fully saturated rings. The summed E-state index contributed by atoms with van der Waals surface area (Å²) in [5.74, 6) is 0.754. The molecule has 2 aliphatic heterocycles. The van der Waals surface area contributed by atoms with Crippen LogP contribution >= 0.6 is 0 Å². The molecular weight excluding hydrogens is 342 g/mol. The van der Waals surface area contributed by atoms with Crippen LogP contribution in [0.3, 0.4) is 0 Å². The summed E-state index contributed by atoms with van der Waals surface area (Å²) in [5.41, 5.74) is 1.19. The zero-order valence-electron chi connectivity index (χ0n) is 16.4. The molecule has 146 valence electrons. The highest BCUT2D eigenvalue weighted by Gasteiger charge is 2.55. The molecule has 2 N–H and O–H groups in total. The molecule has 0 spiro atoms. The third kappa shape index (κ3) is 4.00. The van der Waals surface area contributed by atoms with Gasteiger partial charge in [-0.3, -0.25) is 9.69 Å². The molecule has 6 heteroatoms. The number of hydrogen-bond acceptors (Lipinski definition) is 4. The van der Waals surface area contributed by atoms with Gasteiger partial charge in [-0.15, -0.1) is 0 Å². The van der Waals surface area contributed by atoms with E-state index in [-0.39, 0.29) is 17.9 Å². The van der Waals surface area contributed by atoms with Gasteiger partial charge in [0.15, 0.2) is 0 Å². The SMILES string of the molecule is COc1cccc(C[C@@]2(C3CCNCC3)NC(=O)N(CC=C(C)C)C2=O)c1. The summed E-state index contributed by atoms with van der Waals surface area (Å²) < 4.78 is 5.33. The number of imide groups is 1. The number of methoxy groups -OCH3 is 1. The predicted molar refractivity (Wildman–Crippen MR) is 105 cm³/mol. The van der Waals surface area contributed by atoms with Gasteiger partial charge in [-0.2, -0.15) is 0 Å². The van der Waals surface area contributed by atoms with Crippen LogP contribution in [0.2, 0.25) is 0 Å². The van der Waals surface area contributed by atoms with Gasteiger partial charge in [-0.05, 0) is 63.4 Å². The highest BCUT2D eigenvalue weighted by Crippen LogP contribution is 2.35. The van der Waals surface area contributed by atoms with E-state index in [0.717, 1.165) is 42.8 Å². The Morgan fingerprint density at radius 2 is 2.04 bits per heavy atom. The fourth-order valence-corrected chi connectivity index (χ4v) is 4.04. The Bertz CT molecular complexity index is 736. The molecule has 3 amide bonds. The van der Waals surface area contributed by atoms with Crippen molar-refractivity contribution in [1.29, 1.82) is 0 Å². The Morgan fingerprint density at radius 3 is 2.70 bits per heavy atom. The van der Waals surface area contributed by atoms with Crippen LogP contribution in [0, 0.1) is 5.92 Å². The van der Waals surface area contributed by atoms with Crippen molar-refractivity contribution in [3.05, 3.63) is 41.5 Å². The number of carbonyl (C=O) groups excluding carboxylic acids is 2. The van der Waals surface area contributed by atoms with Crippen LogP contribution < -0.4 is 15.4 Å². The lowest BCUT2D eigenvalue weighted by Gasteiger charge is -2.38. The van der Waals surface area contributed by atoms with Crippen LogP contribution in [0.1, 0.15) is 32.3 Å². The van der Waals surface area contributed by atoms with E-state index in [1.807, 2.05) is 44.2 Å². The minimum atomic E-state index is -0.888. The van der Waals surface area contributed by atoms with E-state index in [2.05, 4.69) is 10.6 Å². The van der Waals surface area contributed by atoms with E-state index >= 15 is 0 Å². The standard InChI is InChI=1S/C21H29N3O3/c1-15(2)9-12-24-19(25)21(23-20(24)26,17-7-10-22-11-8-17)14-16-5-4-6-18(13-16)27-3/h4-6,9,13,17,22H,7-8,10-12,14H2,1-3H3,(H,23,26)/t21-/m0/s1. The monoisotopic (exact) mass is 371 g/mol. The number of hydrogen-bond donors (Lipinski definition) is 2. The van der Waals surface area contributed by atoms with Gasteiger partial charge in [0.1, 0.15) is 11.3 Å². The van der Waals surface area contributed by atoms with Gasteiger partial charge in [-0.1, -0.05) is 23.8 Å². The summed E-state index contributed by atoms with van der Waals surface area (Å²) >= 11 is 0. The van der Waals surface area contributed by atoms with Crippen LogP contribution in [0.5, 0.6) is 5.75 Å². The van der Waals surface area contributed by atoms with Crippen molar-refractivity contribution >= 4 is 11.9 Å². The Balaban J connectivity index is 1.94. The number of urea groups is 1. The van der Waals surface area contributed by atoms with Crippen molar-refractivity contribution in [2.24, 2.45) is 5.92 Å². The predicted octanol–water partition coefficient (Wildman–Crippen LogP) is 2.49. The van der Waals surface area contributed by atoms with E-state index in [1.54, 1.807) is 7.11 Å². The van der Waals surface area contributed by atoms with Gasteiger partial charge in [-0.25, -0.2) is 4.79 Å². The molecule has 0 saturated carbocycles. The topological polar surface area (TPSA) is 70.7 Å². The molecule has 0 aliphatic carbocycles. The number of nitrogens with one attached hydrogen (secondary N) is 2. The largest absolute Gasteiger partial charge is 0.497 e. The Kier molecular flexibility index (Phi) is 5.85. The van der Waals surface area contributed by atoms with Crippen molar-refractivity contribution in [3.8, 4) is 5.75 Å². The average molecular weight is 371 g/mol. The van der Waals surface area contributed by atoms with Crippen molar-refractivity contribution in [2.45, 2.75) is 38.6 Å². The zero-order valence-corrected chi connectivity index (χ0v) is 16.4. The fraction of sp³-hybridized carbons (Fsp3) is 0.524. The number of allylic oxidation sites excluding steroid dienone is 1. The lowest BCUT2D eigenvalue weighted by atomic mass is 9.74. The Morgan fingerprint density at radius 1 is 1.30 bits per heavy atom. The molecule has 2 aliphatic rings. The number of carbonyl (C=O) groups is 2. The fourth-order valence-electron chi connectivity index (χ4n) is 4.04. The maximum Gasteiger partial charge on any atom is 0.325 e. The summed E-state index contributed by atoms with van der Waals surface area (Å²) in [5, 5.41) is 6.43. The smallest absolute Gasteiger partial charge is 0.325 e. The first kappa shape index (κ1) is 19.4. The summed E-state index contributed by atoms with van der Waals surface area (Å²) in [7, 11) is 1.63. The van der Waals surface area contributed by atoms with Crippen molar-refractivity contribution in [2.75, 3.05) is 26.7 Å². The third-order valence-corrected chi connectivity index (χ3v) is 5.54. The lowest BCUT2D eigenvalue weighted by molar-refractivity contribution is -0.133. The molecule has 1 aromatic carbocycles. The normalized spacial score (nSPS) is 23.3. The second-order valence-electron chi connectivity index (χ2n) is 7.65. The van der Waals surface area contributed by atoms with Gasteiger partial charge in [0, 0.05) is 13.0 Å². The summed E-state index contributed by atoms with van der Waals surface area (Å²) in [4.78, 5) is 27.5. The third-order valence-electron chi connectivity index (χ3n) is 5.54. The highest BCUT2D eigenvalue weighted by atomic mass is 16.5. The van der Waals surface area contributed by atoms with Crippen molar-refractivity contribution in [3.63, 3.8) is 0 Å².